The number of allylic oxidation sites excluding steroid dienone is 2. The summed E-state index contributed by atoms with van der Waals surface area (Å²) in [6, 6.07) is 0. The van der Waals surface area contributed by atoms with Gasteiger partial charge >= 0.3 is 0 Å². The van der Waals surface area contributed by atoms with E-state index in [0.29, 0.717) is 12.5 Å². The first-order valence-corrected chi connectivity index (χ1v) is 3.41. The van der Waals surface area contributed by atoms with Gasteiger partial charge < -0.3 is 5.11 Å². The Balaban J connectivity index is 3.37. The van der Waals surface area contributed by atoms with E-state index < -0.39 is 0 Å². The third-order valence-electron chi connectivity index (χ3n) is 1.24. The lowest BCUT2D eigenvalue weighted by Crippen LogP contribution is -1.97. The van der Waals surface area contributed by atoms with Crippen molar-refractivity contribution in [3.63, 3.8) is 0 Å². The number of rotatable bonds is 3. The SMILES string of the molecule is CC(C)=CC[C@H](C)CO. The molecule has 9 heavy (non-hydrogen) atoms. The average molecular weight is 128 g/mol. The zero-order valence-corrected chi connectivity index (χ0v) is 6.52. The average Bonchev–Trinajstić information content (AvgIpc) is 1.83. The summed E-state index contributed by atoms with van der Waals surface area (Å²) in [5, 5.41) is 8.62. The Morgan fingerprint density at radius 3 is 2.44 bits per heavy atom. The minimum absolute atomic E-state index is 0.295. The van der Waals surface area contributed by atoms with Crippen molar-refractivity contribution in [3.8, 4) is 0 Å². The summed E-state index contributed by atoms with van der Waals surface area (Å²) >= 11 is 0. The highest BCUT2D eigenvalue weighted by atomic mass is 16.3. The van der Waals surface area contributed by atoms with E-state index in [1.165, 1.54) is 5.57 Å². The van der Waals surface area contributed by atoms with E-state index in [9.17, 15) is 0 Å². The van der Waals surface area contributed by atoms with Crippen molar-refractivity contribution in [3.05, 3.63) is 11.6 Å². The van der Waals surface area contributed by atoms with Gasteiger partial charge in [0.2, 0.25) is 0 Å². The fourth-order valence-electron chi connectivity index (χ4n) is 0.511. The van der Waals surface area contributed by atoms with Crippen LogP contribution in [0.1, 0.15) is 27.2 Å². The molecular weight excluding hydrogens is 112 g/mol. The van der Waals surface area contributed by atoms with Crippen LogP contribution in [-0.2, 0) is 0 Å². The molecule has 0 radical (unpaired) electrons. The lowest BCUT2D eigenvalue weighted by atomic mass is 10.1. The number of hydrogen-bond donors (Lipinski definition) is 1. The molecule has 0 rings (SSSR count). The van der Waals surface area contributed by atoms with Gasteiger partial charge in [0.1, 0.15) is 0 Å². The van der Waals surface area contributed by atoms with E-state index in [-0.39, 0.29) is 0 Å². The van der Waals surface area contributed by atoms with E-state index in [2.05, 4.69) is 19.9 Å². The van der Waals surface area contributed by atoms with Gasteiger partial charge in [-0.1, -0.05) is 18.6 Å². The molecule has 0 amide bonds. The maximum absolute atomic E-state index is 8.62. The Kier molecular flexibility index (Phi) is 4.41. The van der Waals surface area contributed by atoms with Gasteiger partial charge in [0, 0.05) is 6.61 Å². The zero-order chi connectivity index (χ0) is 7.28. The largest absolute Gasteiger partial charge is 0.396 e. The van der Waals surface area contributed by atoms with Crippen LogP contribution in [0.4, 0.5) is 0 Å². The van der Waals surface area contributed by atoms with Crippen LogP contribution >= 0.6 is 0 Å². The van der Waals surface area contributed by atoms with Gasteiger partial charge in [-0.05, 0) is 26.2 Å². The molecule has 1 atom stereocenters. The highest BCUT2D eigenvalue weighted by molar-refractivity contribution is 4.93. The van der Waals surface area contributed by atoms with Crippen molar-refractivity contribution in [2.24, 2.45) is 5.92 Å². The Hall–Kier alpha value is -0.300. The van der Waals surface area contributed by atoms with Crippen molar-refractivity contribution < 1.29 is 5.11 Å². The third-order valence-corrected chi connectivity index (χ3v) is 1.24. The maximum atomic E-state index is 8.62. The summed E-state index contributed by atoms with van der Waals surface area (Å²) in [5.74, 6) is 0.417. The Morgan fingerprint density at radius 2 is 2.11 bits per heavy atom. The molecule has 1 N–H and O–H groups in total. The first-order chi connectivity index (χ1) is 4.16. The van der Waals surface area contributed by atoms with E-state index >= 15 is 0 Å². The summed E-state index contributed by atoms with van der Waals surface area (Å²) in [5.41, 5.74) is 1.33. The molecule has 0 spiro atoms. The number of aliphatic hydroxyl groups excluding tert-OH is 1. The lowest BCUT2D eigenvalue weighted by molar-refractivity contribution is 0.238. The van der Waals surface area contributed by atoms with Gasteiger partial charge in [0.25, 0.3) is 0 Å². The molecule has 0 saturated heterocycles. The normalized spacial score (nSPS) is 12.9. The molecular formula is C8H16O. The fraction of sp³-hybridized carbons (Fsp3) is 0.750. The molecule has 0 aliphatic carbocycles. The van der Waals surface area contributed by atoms with Gasteiger partial charge in [-0.3, -0.25) is 0 Å². The smallest absolute Gasteiger partial charge is 0.0459 e. The molecule has 1 heteroatoms. The second-order valence-electron chi connectivity index (χ2n) is 2.80. The molecule has 0 aromatic heterocycles. The van der Waals surface area contributed by atoms with Crippen molar-refractivity contribution in [2.45, 2.75) is 27.2 Å². The molecule has 54 valence electrons. The Morgan fingerprint density at radius 1 is 1.56 bits per heavy atom. The van der Waals surface area contributed by atoms with Crippen LogP contribution in [0.2, 0.25) is 0 Å². The zero-order valence-electron chi connectivity index (χ0n) is 6.52. The van der Waals surface area contributed by atoms with Crippen LogP contribution in [0.25, 0.3) is 0 Å². The first kappa shape index (κ1) is 8.70. The number of aliphatic hydroxyl groups is 1. The molecule has 0 saturated carbocycles. The van der Waals surface area contributed by atoms with Crippen LogP contribution < -0.4 is 0 Å². The van der Waals surface area contributed by atoms with Crippen LogP contribution in [0.15, 0.2) is 11.6 Å². The van der Waals surface area contributed by atoms with Gasteiger partial charge in [0.15, 0.2) is 0 Å². The fourth-order valence-corrected chi connectivity index (χ4v) is 0.511. The first-order valence-electron chi connectivity index (χ1n) is 3.41. The van der Waals surface area contributed by atoms with Gasteiger partial charge in [0.05, 0.1) is 0 Å². The lowest BCUT2D eigenvalue weighted by Gasteiger charge is -2.01. The Labute approximate surface area is 57.4 Å². The molecule has 0 aromatic rings. The van der Waals surface area contributed by atoms with E-state index in [0.717, 1.165) is 6.42 Å². The predicted octanol–water partition coefficient (Wildman–Crippen LogP) is 1.97. The van der Waals surface area contributed by atoms with E-state index in [1.807, 2.05) is 6.92 Å². The van der Waals surface area contributed by atoms with E-state index in [1.54, 1.807) is 0 Å². The van der Waals surface area contributed by atoms with Crippen molar-refractivity contribution in [2.75, 3.05) is 6.61 Å². The van der Waals surface area contributed by atoms with Crippen LogP contribution in [0.5, 0.6) is 0 Å². The third kappa shape index (κ3) is 5.57. The van der Waals surface area contributed by atoms with Gasteiger partial charge in [-0.15, -0.1) is 0 Å². The van der Waals surface area contributed by atoms with Crippen LogP contribution in [-0.4, -0.2) is 11.7 Å². The minimum atomic E-state index is 0.295. The summed E-state index contributed by atoms with van der Waals surface area (Å²) in [7, 11) is 0. The Bertz CT molecular complexity index is 90.7. The maximum Gasteiger partial charge on any atom is 0.0459 e. The van der Waals surface area contributed by atoms with Gasteiger partial charge in [-0.25, -0.2) is 0 Å². The van der Waals surface area contributed by atoms with Crippen molar-refractivity contribution in [1.29, 1.82) is 0 Å². The molecule has 1 nitrogen and oxygen atoms in total. The molecule has 0 fully saturated rings. The highest BCUT2D eigenvalue weighted by Gasteiger charge is 1.94. The predicted molar refractivity (Wildman–Crippen MR) is 40.3 cm³/mol. The second-order valence-corrected chi connectivity index (χ2v) is 2.80. The van der Waals surface area contributed by atoms with Gasteiger partial charge in [-0.2, -0.15) is 0 Å². The molecule has 0 heterocycles. The monoisotopic (exact) mass is 128 g/mol. The standard InChI is InChI=1S/C8H16O/c1-7(2)4-5-8(3)6-9/h4,8-9H,5-6H2,1-3H3/t8-/m0/s1. The highest BCUT2D eigenvalue weighted by Crippen LogP contribution is 2.03. The summed E-state index contributed by atoms with van der Waals surface area (Å²) < 4.78 is 0. The molecule has 0 aliphatic heterocycles. The molecule has 0 aliphatic rings. The van der Waals surface area contributed by atoms with Crippen molar-refractivity contribution in [1.82, 2.24) is 0 Å². The molecule has 0 bridgehead atoms. The topological polar surface area (TPSA) is 20.2 Å². The summed E-state index contributed by atoms with van der Waals surface area (Å²) in [6.07, 6.45) is 3.15. The van der Waals surface area contributed by atoms with E-state index in [4.69, 9.17) is 5.11 Å². The van der Waals surface area contributed by atoms with Crippen molar-refractivity contribution >= 4 is 0 Å². The molecule has 0 unspecified atom stereocenters. The summed E-state index contributed by atoms with van der Waals surface area (Å²) in [6.45, 7) is 6.48. The van der Waals surface area contributed by atoms with Crippen LogP contribution in [0.3, 0.4) is 0 Å². The number of hydrogen-bond acceptors (Lipinski definition) is 1. The second kappa shape index (κ2) is 4.57. The molecule has 0 aromatic carbocycles. The van der Waals surface area contributed by atoms with Crippen LogP contribution in [0, 0.1) is 5.92 Å². The quantitative estimate of drug-likeness (QED) is 0.576. The summed E-state index contributed by atoms with van der Waals surface area (Å²) in [4.78, 5) is 0. The minimum Gasteiger partial charge on any atom is -0.396 e.